The van der Waals surface area contributed by atoms with Gasteiger partial charge in [-0.3, -0.25) is 4.79 Å². The Labute approximate surface area is 113 Å². The molecule has 19 heavy (non-hydrogen) atoms. The number of hydrogen-bond acceptors (Lipinski definition) is 4. The van der Waals surface area contributed by atoms with E-state index in [1.54, 1.807) is 20.8 Å². The molecule has 0 saturated heterocycles. The fraction of sp³-hybridized carbons (Fsp3) is 0.417. The zero-order valence-electron chi connectivity index (χ0n) is 11.4. The van der Waals surface area contributed by atoms with E-state index < -0.39 is 15.4 Å². The number of anilines is 1. The maximum absolute atomic E-state index is 11.9. The van der Waals surface area contributed by atoms with Gasteiger partial charge in [-0.15, -0.1) is 0 Å². The summed E-state index contributed by atoms with van der Waals surface area (Å²) in [7, 11) is -2.47. The van der Waals surface area contributed by atoms with E-state index in [4.69, 9.17) is 9.88 Å². The molecule has 6 nitrogen and oxygen atoms in total. The smallest absolute Gasteiger partial charge is 0.240 e. The van der Waals surface area contributed by atoms with Crippen molar-refractivity contribution in [1.82, 2.24) is 0 Å². The van der Waals surface area contributed by atoms with Gasteiger partial charge in [0.2, 0.25) is 15.9 Å². The van der Waals surface area contributed by atoms with Crippen LogP contribution in [0, 0.1) is 5.41 Å². The lowest BCUT2D eigenvalue weighted by Crippen LogP contribution is -2.28. The minimum atomic E-state index is -3.92. The zero-order valence-corrected chi connectivity index (χ0v) is 12.2. The van der Waals surface area contributed by atoms with Crippen LogP contribution in [0.2, 0.25) is 0 Å². The number of hydrogen-bond donors (Lipinski definition) is 2. The lowest BCUT2D eigenvalue weighted by molar-refractivity contribution is -0.123. The summed E-state index contributed by atoms with van der Waals surface area (Å²) in [6.45, 7) is 5.16. The van der Waals surface area contributed by atoms with Crippen molar-refractivity contribution < 1.29 is 17.9 Å². The number of nitrogens with two attached hydrogens (primary N) is 1. The molecule has 1 amide bonds. The highest BCUT2D eigenvalue weighted by Gasteiger charge is 2.24. The Bertz CT molecular complexity index is 588. The van der Waals surface area contributed by atoms with Crippen LogP contribution in [0.15, 0.2) is 23.1 Å². The maximum atomic E-state index is 11.9. The quantitative estimate of drug-likeness (QED) is 0.875. The van der Waals surface area contributed by atoms with Gasteiger partial charge in [-0.25, -0.2) is 13.6 Å². The molecule has 0 aliphatic rings. The van der Waals surface area contributed by atoms with Crippen LogP contribution < -0.4 is 15.2 Å². The third-order valence-electron chi connectivity index (χ3n) is 2.42. The first-order chi connectivity index (χ1) is 8.55. The highest BCUT2D eigenvalue weighted by Crippen LogP contribution is 2.27. The van der Waals surface area contributed by atoms with Crippen molar-refractivity contribution in [3.63, 3.8) is 0 Å². The second kappa shape index (κ2) is 5.18. The molecule has 1 aromatic rings. The number of nitrogens with one attached hydrogen (secondary N) is 1. The van der Waals surface area contributed by atoms with E-state index in [0.717, 1.165) is 0 Å². The summed E-state index contributed by atoms with van der Waals surface area (Å²) >= 11 is 0. The molecule has 0 heterocycles. The predicted octanol–water partition coefficient (Wildman–Crippen LogP) is 1.33. The van der Waals surface area contributed by atoms with Crippen molar-refractivity contribution in [3.05, 3.63) is 18.2 Å². The molecule has 3 N–H and O–H groups in total. The number of methoxy groups -OCH3 is 1. The minimum absolute atomic E-state index is 0.113. The molecule has 0 atom stereocenters. The van der Waals surface area contributed by atoms with Crippen LogP contribution in [0.4, 0.5) is 5.69 Å². The molecule has 1 aromatic carbocycles. The van der Waals surface area contributed by atoms with Crippen LogP contribution in [0.5, 0.6) is 5.75 Å². The predicted molar refractivity (Wildman–Crippen MR) is 72.5 cm³/mol. The molecule has 7 heteroatoms. The number of benzene rings is 1. The van der Waals surface area contributed by atoms with Crippen molar-refractivity contribution >= 4 is 21.6 Å². The van der Waals surface area contributed by atoms with Gasteiger partial charge in [0.15, 0.2) is 0 Å². The van der Waals surface area contributed by atoms with Gasteiger partial charge in [0.05, 0.1) is 12.8 Å². The maximum Gasteiger partial charge on any atom is 0.240 e. The molecule has 0 radical (unpaired) electrons. The van der Waals surface area contributed by atoms with Gasteiger partial charge in [-0.05, 0) is 12.1 Å². The summed E-state index contributed by atoms with van der Waals surface area (Å²) in [6.07, 6.45) is 0. The van der Waals surface area contributed by atoms with E-state index in [1.165, 1.54) is 25.3 Å². The molecule has 0 aliphatic heterocycles. The van der Waals surface area contributed by atoms with Crippen molar-refractivity contribution in [2.24, 2.45) is 10.6 Å². The molecule has 0 aliphatic carbocycles. The van der Waals surface area contributed by atoms with Crippen LogP contribution in [0.25, 0.3) is 0 Å². The zero-order chi connectivity index (χ0) is 14.8. The van der Waals surface area contributed by atoms with Crippen molar-refractivity contribution in [3.8, 4) is 5.75 Å². The van der Waals surface area contributed by atoms with Crippen LogP contribution in [0.1, 0.15) is 20.8 Å². The number of primary sulfonamides is 1. The molecular formula is C12H18N2O4S. The molecule has 0 spiro atoms. The lowest BCUT2D eigenvalue weighted by atomic mass is 9.95. The Morgan fingerprint density at radius 1 is 1.32 bits per heavy atom. The SMILES string of the molecule is COc1ccc(S(N)(=O)=O)c(NC(=O)C(C)(C)C)c1. The van der Waals surface area contributed by atoms with Crippen molar-refractivity contribution in [2.45, 2.75) is 25.7 Å². The minimum Gasteiger partial charge on any atom is -0.497 e. The summed E-state index contributed by atoms with van der Waals surface area (Å²) in [5.41, 5.74) is -0.541. The van der Waals surface area contributed by atoms with E-state index in [-0.39, 0.29) is 16.5 Å². The average molecular weight is 286 g/mol. The van der Waals surface area contributed by atoms with Gasteiger partial charge in [0, 0.05) is 11.5 Å². The first-order valence-corrected chi connectivity index (χ1v) is 7.12. The van der Waals surface area contributed by atoms with Crippen molar-refractivity contribution in [2.75, 3.05) is 12.4 Å². The van der Waals surface area contributed by atoms with Gasteiger partial charge >= 0.3 is 0 Å². The molecule has 106 valence electrons. The van der Waals surface area contributed by atoms with Gasteiger partial charge < -0.3 is 10.1 Å². The van der Waals surface area contributed by atoms with E-state index in [9.17, 15) is 13.2 Å². The second-order valence-electron chi connectivity index (χ2n) is 5.11. The van der Waals surface area contributed by atoms with Gasteiger partial charge in [0.1, 0.15) is 10.6 Å². The number of carbonyl (C=O) groups excluding carboxylic acids is 1. The Hall–Kier alpha value is -1.60. The van der Waals surface area contributed by atoms with Gasteiger partial charge in [-0.2, -0.15) is 0 Å². The third-order valence-corrected chi connectivity index (χ3v) is 3.39. The van der Waals surface area contributed by atoms with E-state index in [0.29, 0.717) is 5.75 Å². The fourth-order valence-corrected chi connectivity index (χ4v) is 1.97. The molecule has 0 unspecified atom stereocenters. The summed E-state index contributed by atoms with van der Waals surface area (Å²) in [5.74, 6) is 0.113. The van der Waals surface area contributed by atoms with Crippen LogP contribution >= 0.6 is 0 Å². The molecule has 0 saturated carbocycles. The average Bonchev–Trinajstić information content (AvgIpc) is 2.26. The van der Waals surface area contributed by atoms with E-state index in [1.807, 2.05) is 0 Å². The van der Waals surface area contributed by atoms with E-state index >= 15 is 0 Å². The normalized spacial score (nSPS) is 12.1. The summed E-state index contributed by atoms with van der Waals surface area (Å²) in [6, 6.07) is 4.18. The van der Waals surface area contributed by atoms with Gasteiger partial charge in [0.25, 0.3) is 0 Å². The van der Waals surface area contributed by atoms with Crippen LogP contribution in [-0.2, 0) is 14.8 Å². The monoisotopic (exact) mass is 286 g/mol. The van der Waals surface area contributed by atoms with Crippen molar-refractivity contribution in [1.29, 1.82) is 0 Å². The largest absolute Gasteiger partial charge is 0.497 e. The molecule has 0 fully saturated rings. The first kappa shape index (κ1) is 15.5. The number of rotatable bonds is 3. The highest BCUT2D eigenvalue weighted by atomic mass is 32.2. The number of sulfonamides is 1. The van der Waals surface area contributed by atoms with Crippen LogP contribution in [0.3, 0.4) is 0 Å². The van der Waals surface area contributed by atoms with Crippen LogP contribution in [-0.4, -0.2) is 21.4 Å². The Balaban J connectivity index is 3.27. The highest BCUT2D eigenvalue weighted by molar-refractivity contribution is 7.89. The standard InChI is InChI=1S/C12H18N2O4S/c1-12(2,3)11(15)14-9-7-8(18-4)5-6-10(9)19(13,16)17/h5-7H,1-4H3,(H,14,15)(H2,13,16,17). The molecule has 0 bridgehead atoms. The topological polar surface area (TPSA) is 98.5 Å². The lowest BCUT2D eigenvalue weighted by Gasteiger charge is -2.19. The Kier molecular flexibility index (Phi) is 4.21. The molecule has 1 rings (SSSR count). The summed E-state index contributed by atoms with van der Waals surface area (Å²) < 4.78 is 27.9. The van der Waals surface area contributed by atoms with Gasteiger partial charge in [-0.1, -0.05) is 20.8 Å². The fourth-order valence-electron chi connectivity index (χ4n) is 1.29. The summed E-state index contributed by atoms with van der Waals surface area (Å²) in [5, 5.41) is 7.67. The Morgan fingerprint density at radius 2 is 1.89 bits per heavy atom. The molecule has 0 aromatic heterocycles. The Morgan fingerprint density at radius 3 is 2.32 bits per heavy atom. The third kappa shape index (κ3) is 3.93. The number of ether oxygens (including phenoxy) is 1. The number of carbonyl (C=O) groups is 1. The second-order valence-corrected chi connectivity index (χ2v) is 6.64. The van der Waals surface area contributed by atoms with E-state index in [2.05, 4.69) is 5.32 Å². The summed E-state index contributed by atoms with van der Waals surface area (Å²) in [4.78, 5) is 11.8. The number of amides is 1. The first-order valence-electron chi connectivity index (χ1n) is 5.58. The molecular weight excluding hydrogens is 268 g/mol.